The molecule has 5 heteroatoms. The molecule has 1 aliphatic rings. The van der Waals surface area contributed by atoms with Crippen LogP contribution in [0.3, 0.4) is 0 Å². The number of hydrogen-bond acceptors (Lipinski definition) is 2. The van der Waals surface area contributed by atoms with Gasteiger partial charge in [0.25, 0.3) is 5.91 Å². The highest BCUT2D eigenvalue weighted by atomic mass is 32.2. The van der Waals surface area contributed by atoms with Crippen LogP contribution in [0.5, 0.6) is 0 Å². The zero-order chi connectivity index (χ0) is 9.68. The lowest BCUT2D eigenvalue weighted by Gasteiger charge is -2.21. The van der Waals surface area contributed by atoms with Crippen LogP contribution in [-0.4, -0.2) is 30.4 Å². The Morgan fingerprint density at radius 1 is 1.46 bits per heavy atom. The van der Waals surface area contributed by atoms with Gasteiger partial charge in [-0.25, -0.2) is 0 Å². The van der Waals surface area contributed by atoms with Gasteiger partial charge in [-0.3, -0.25) is 4.79 Å². The fourth-order valence-electron chi connectivity index (χ4n) is 1.27. The summed E-state index contributed by atoms with van der Waals surface area (Å²) in [5.74, 6) is 1.41. The first-order valence-corrected chi connectivity index (χ1v) is 5.49. The van der Waals surface area contributed by atoms with Crippen molar-refractivity contribution in [2.24, 2.45) is 5.92 Å². The minimum Gasteiger partial charge on any atom is -0.351 e. The number of amides is 1. The van der Waals surface area contributed by atoms with Crippen molar-refractivity contribution in [1.29, 1.82) is 0 Å². The van der Waals surface area contributed by atoms with Crippen molar-refractivity contribution < 1.29 is 13.6 Å². The topological polar surface area (TPSA) is 29.1 Å². The summed E-state index contributed by atoms with van der Waals surface area (Å²) in [6.07, 6.45) is -0.833. The van der Waals surface area contributed by atoms with Crippen LogP contribution in [0, 0.1) is 5.92 Å². The molecule has 0 aromatic heterocycles. The van der Waals surface area contributed by atoms with Crippen LogP contribution in [0.25, 0.3) is 0 Å². The van der Waals surface area contributed by atoms with E-state index in [0.717, 1.165) is 24.3 Å². The van der Waals surface area contributed by atoms with E-state index in [1.54, 1.807) is 0 Å². The molecule has 1 fully saturated rings. The zero-order valence-electron chi connectivity index (χ0n) is 7.26. The van der Waals surface area contributed by atoms with Crippen LogP contribution in [0.1, 0.15) is 12.8 Å². The minimum atomic E-state index is -2.88. The molecule has 1 N–H and O–H groups in total. The third-order valence-corrected chi connectivity index (χ3v) is 3.15. The molecule has 13 heavy (non-hydrogen) atoms. The SMILES string of the molecule is O=C(NCC1CCSCC1)C(F)F. The Bertz CT molecular complexity index is 172. The fourth-order valence-corrected chi connectivity index (χ4v) is 2.48. The average molecular weight is 209 g/mol. The third kappa shape index (κ3) is 3.93. The number of alkyl halides is 2. The summed E-state index contributed by atoms with van der Waals surface area (Å²) < 4.78 is 23.5. The van der Waals surface area contributed by atoms with E-state index in [1.807, 2.05) is 11.8 Å². The predicted molar refractivity (Wildman–Crippen MR) is 49.1 cm³/mol. The van der Waals surface area contributed by atoms with Gasteiger partial charge in [-0.15, -0.1) is 0 Å². The second kappa shape index (κ2) is 5.42. The van der Waals surface area contributed by atoms with Crippen molar-refractivity contribution in [3.8, 4) is 0 Å². The number of carbonyl (C=O) groups excluding carboxylic acids is 1. The number of thioether (sulfide) groups is 1. The Balaban J connectivity index is 2.13. The van der Waals surface area contributed by atoms with E-state index in [4.69, 9.17) is 0 Å². The Morgan fingerprint density at radius 3 is 2.62 bits per heavy atom. The van der Waals surface area contributed by atoms with Gasteiger partial charge in [-0.05, 0) is 30.3 Å². The van der Waals surface area contributed by atoms with Crippen molar-refractivity contribution in [3.05, 3.63) is 0 Å². The quantitative estimate of drug-likeness (QED) is 0.763. The molecule has 0 unspecified atom stereocenters. The molecule has 1 amide bonds. The second-order valence-corrected chi connectivity index (χ2v) is 4.33. The van der Waals surface area contributed by atoms with E-state index in [1.165, 1.54) is 0 Å². The molecule has 0 bridgehead atoms. The lowest BCUT2D eigenvalue weighted by molar-refractivity contribution is -0.131. The molecule has 0 saturated carbocycles. The number of hydrogen-bond donors (Lipinski definition) is 1. The normalized spacial score (nSPS) is 19.0. The molecule has 1 aliphatic heterocycles. The monoisotopic (exact) mass is 209 g/mol. The number of nitrogens with one attached hydrogen (secondary N) is 1. The Hall–Kier alpha value is -0.320. The van der Waals surface area contributed by atoms with Crippen LogP contribution in [0.15, 0.2) is 0 Å². The summed E-state index contributed by atoms with van der Waals surface area (Å²) in [5, 5.41) is 2.25. The highest BCUT2D eigenvalue weighted by Crippen LogP contribution is 2.21. The van der Waals surface area contributed by atoms with Gasteiger partial charge in [0.15, 0.2) is 0 Å². The van der Waals surface area contributed by atoms with E-state index < -0.39 is 12.3 Å². The largest absolute Gasteiger partial charge is 0.351 e. The Labute approximate surface area is 80.5 Å². The first-order valence-electron chi connectivity index (χ1n) is 4.33. The lowest BCUT2D eigenvalue weighted by Crippen LogP contribution is -2.34. The minimum absolute atomic E-state index is 0.393. The smallest absolute Gasteiger partial charge is 0.315 e. The molecule has 2 nitrogen and oxygen atoms in total. The lowest BCUT2D eigenvalue weighted by atomic mass is 10.0. The number of rotatable bonds is 3. The average Bonchev–Trinajstić information content (AvgIpc) is 2.15. The van der Waals surface area contributed by atoms with Crippen molar-refractivity contribution in [3.63, 3.8) is 0 Å². The van der Waals surface area contributed by atoms with Gasteiger partial charge < -0.3 is 5.32 Å². The highest BCUT2D eigenvalue weighted by molar-refractivity contribution is 7.99. The maximum absolute atomic E-state index is 11.8. The predicted octanol–water partition coefficient (Wildman–Crippen LogP) is 1.51. The summed E-state index contributed by atoms with van der Waals surface area (Å²) in [6, 6.07) is 0. The standard InChI is InChI=1S/C8H13F2NOS/c9-7(10)8(12)11-5-6-1-3-13-4-2-6/h6-7H,1-5H2,(H,11,12). The summed E-state index contributed by atoms with van der Waals surface area (Å²) >= 11 is 1.88. The van der Waals surface area contributed by atoms with Crippen molar-refractivity contribution in [2.75, 3.05) is 18.1 Å². The second-order valence-electron chi connectivity index (χ2n) is 3.10. The van der Waals surface area contributed by atoms with Gasteiger partial charge >= 0.3 is 6.43 Å². The Kier molecular flexibility index (Phi) is 4.48. The van der Waals surface area contributed by atoms with Crippen molar-refractivity contribution >= 4 is 17.7 Å². The molecule has 1 heterocycles. The van der Waals surface area contributed by atoms with Crippen molar-refractivity contribution in [2.45, 2.75) is 19.3 Å². The van der Waals surface area contributed by atoms with Crippen LogP contribution >= 0.6 is 11.8 Å². The Morgan fingerprint density at radius 2 is 2.08 bits per heavy atom. The van der Waals surface area contributed by atoms with Crippen LogP contribution in [0.4, 0.5) is 8.78 Å². The van der Waals surface area contributed by atoms with Gasteiger partial charge in [0, 0.05) is 6.54 Å². The molecular weight excluding hydrogens is 196 g/mol. The van der Waals surface area contributed by atoms with E-state index in [9.17, 15) is 13.6 Å². The molecule has 0 aromatic rings. The summed E-state index contributed by atoms with van der Waals surface area (Å²) in [4.78, 5) is 10.5. The molecule has 0 spiro atoms. The zero-order valence-corrected chi connectivity index (χ0v) is 8.08. The first kappa shape index (κ1) is 10.8. The summed E-state index contributed by atoms with van der Waals surface area (Å²) in [7, 11) is 0. The molecule has 1 rings (SSSR count). The summed E-state index contributed by atoms with van der Waals surface area (Å²) in [6.45, 7) is 0.406. The van der Waals surface area contributed by atoms with E-state index in [0.29, 0.717) is 12.5 Å². The van der Waals surface area contributed by atoms with Gasteiger partial charge in [0.1, 0.15) is 0 Å². The molecule has 1 saturated heterocycles. The van der Waals surface area contributed by atoms with Gasteiger partial charge in [0.05, 0.1) is 0 Å². The first-order chi connectivity index (χ1) is 6.20. The van der Waals surface area contributed by atoms with E-state index in [2.05, 4.69) is 5.32 Å². The summed E-state index contributed by atoms with van der Waals surface area (Å²) in [5.41, 5.74) is 0. The fraction of sp³-hybridized carbons (Fsp3) is 0.875. The van der Waals surface area contributed by atoms with Gasteiger partial charge in [0.2, 0.25) is 0 Å². The molecular formula is C8H13F2NOS. The molecule has 76 valence electrons. The van der Waals surface area contributed by atoms with Gasteiger partial charge in [-0.2, -0.15) is 20.5 Å². The van der Waals surface area contributed by atoms with E-state index >= 15 is 0 Å². The van der Waals surface area contributed by atoms with E-state index in [-0.39, 0.29) is 0 Å². The highest BCUT2D eigenvalue weighted by Gasteiger charge is 2.18. The molecule has 0 radical (unpaired) electrons. The number of carbonyl (C=O) groups is 1. The maximum atomic E-state index is 11.8. The third-order valence-electron chi connectivity index (χ3n) is 2.10. The molecule has 0 atom stereocenters. The molecule has 0 aliphatic carbocycles. The maximum Gasteiger partial charge on any atom is 0.315 e. The molecule has 0 aromatic carbocycles. The number of halogens is 2. The van der Waals surface area contributed by atoms with Crippen LogP contribution in [0.2, 0.25) is 0 Å². The van der Waals surface area contributed by atoms with Crippen LogP contribution < -0.4 is 5.32 Å². The van der Waals surface area contributed by atoms with Crippen molar-refractivity contribution in [1.82, 2.24) is 5.32 Å². The van der Waals surface area contributed by atoms with Gasteiger partial charge in [-0.1, -0.05) is 0 Å². The van der Waals surface area contributed by atoms with Crippen LogP contribution in [-0.2, 0) is 4.79 Å².